The molecular weight excluding hydrogens is 279 g/mol. The van der Waals surface area contributed by atoms with E-state index in [1.54, 1.807) is 0 Å². The van der Waals surface area contributed by atoms with Crippen LogP contribution in [0.5, 0.6) is 0 Å². The van der Waals surface area contributed by atoms with E-state index in [2.05, 4.69) is 47.2 Å². The number of anilines is 1. The molecule has 0 radical (unpaired) electrons. The highest BCUT2D eigenvalue weighted by molar-refractivity contribution is 6.30. The minimum Gasteiger partial charge on any atom is -0.321 e. The maximum atomic E-state index is 6.13. The zero-order valence-electron chi connectivity index (χ0n) is 10.4. The highest BCUT2D eigenvalue weighted by Gasteiger charge is 2.20. The molecule has 2 nitrogen and oxygen atoms in total. The molecule has 2 N–H and O–H groups in total. The van der Waals surface area contributed by atoms with Gasteiger partial charge in [-0.15, -0.1) is 12.4 Å². The van der Waals surface area contributed by atoms with Gasteiger partial charge < -0.3 is 5.43 Å². The van der Waals surface area contributed by atoms with E-state index in [0.29, 0.717) is 5.92 Å². The number of halogens is 2. The van der Waals surface area contributed by atoms with Gasteiger partial charge in [-0.25, -0.2) is 5.43 Å². The lowest BCUT2D eigenvalue weighted by Crippen LogP contribution is -2.20. The third kappa shape index (κ3) is 3.03. The summed E-state index contributed by atoms with van der Waals surface area (Å²) >= 11 is 6.13. The Balaban J connectivity index is 0.00000133. The van der Waals surface area contributed by atoms with Crippen molar-refractivity contribution >= 4 is 29.7 Å². The molecule has 0 spiro atoms. The molecule has 0 saturated carbocycles. The summed E-state index contributed by atoms with van der Waals surface area (Å²) in [7, 11) is 0. The second kappa shape index (κ2) is 6.29. The third-order valence-corrected chi connectivity index (χ3v) is 3.61. The van der Waals surface area contributed by atoms with Crippen LogP contribution >= 0.6 is 24.0 Å². The maximum Gasteiger partial charge on any atom is 0.0526 e. The number of benzene rings is 2. The molecule has 3 rings (SSSR count). The van der Waals surface area contributed by atoms with Gasteiger partial charge in [0.15, 0.2) is 0 Å². The number of hydrogen-bond donors (Lipinski definition) is 2. The Hall–Kier alpha value is -1.22. The molecule has 2 aromatic carbocycles. The summed E-state index contributed by atoms with van der Waals surface area (Å²) in [6.45, 7) is 0.936. The van der Waals surface area contributed by atoms with Crippen molar-refractivity contribution in [2.24, 2.45) is 0 Å². The van der Waals surface area contributed by atoms with Gasteiger partial charge in [0.1, 0.15) is 0 Å². The van der Waals surface area contributed by atoms with Gasteiger partial charge in [-0.2, -0.15) is 0 Å². The molecule has 1 atom stereocenters. The predicted molar refractivity (Wildman–Crippen MR) is 83.2 cm³/mol. The predicted octanol–water partition coefficient (Wildman–Crippen LogP) is 4.21. The first-order valence-corrected chi connectivity index (χ1v) is 6.55. The number of nitrogens with one attached hydrogen (secondary N) is 2. The largest absolute Gasteiger partial charge is 0.321 e. The Morgan fingerprint density at radius 3 is 2.63 bits per heavy atom. The van der Waals surface area contributed by atoms with Gasteiger partial charge in [0.05, 0.1) is 5.69 Å². The lowest BCUT2D eigenvalue weighted by Gasteiger charge is -2.17. The van der Waals surface area contributed by atoms with Crippen molar-refractivity contribution < 1.29 is 0 Å². The monoisotopic (exact) mass is 294 g/mol. The van der Waals surface area contributed by atoms with Gasteiger partial charge in [-0.3, -0.25) is 0 Å². The number of hydrazine groups is 1. The first-order valence-electron chi connectivity index (χ1n) is 6.18. The van der Waals surface area contributed by atoms with Crippen molar-refractivity contribution in [1.82, 2.24) is 5.43 Å². The van der Waals surface area contributed by atoms with Crippen molar-refractivity contribution in [2.45, 2.75) is 12.3 Å². The lowest BCUT2D eigenvalue weighted by atomic mass is 9.88. The normalized spacial score (nSPS) is 17.6. The zero-order valence-corrected chi connectivity index (χ0v) is 12.0. The van der Waals surface area contributed by atoms with Crippen molar-refractivity contribution in [3.63, 3.8) is 0 Å². The molecule has 4 heteroatoms. The molecule has 0 bridgehead atoms. The van der Waals surface area contributed by atoms with Gasteiger partial charge in [-0.1, -0.05) is 41.9 Å². The van der Waals surface area contributed by atoms with Gasteiger partial charge in [0.2, 0.25) is 0 Å². The average Bonchev–Trinajstić information content (AvgIpc) is 2.61. The second-order valence-electron chi connectivity index (χ2n) is 4.54. The molecule has 0 aromatic heterocycles. The van der Waals surface area contributed by atoms with E-state index in [0.717, 1.165) is 23.7 Å². The SMILES string of the molecule is Cl.Clc1ccc2c(c1)C(c1ccccc1)CCNN2. The molecule has 1 aliphatic heterocycles. The zero-order chi connectivity index (χ0) is 12.4. The Morgan fingerprint density at radius 2 is 1.84 bits per heavy atom. The molecule has 0 aliphatic carbocycles. The summed E-state index contributed by atoms with van der Waals surface area (Å²) in [5, 5.41) is 0.790. The quantitative estimate of drug-likeness (QED) is 0.823. The molecule has 1 heterocycles. The van der Waals surface area contributed by atoms with Crippen molar-refractivity contribution in [1.29, 1.82) is 0 Å². The Labute approximate surface area is 124 Å². The van der Waals surface area contributed by atoms with Gasteiger partial charge in [-0.05, 0) is 35.7 Å². The first kappa shape index (κ1) is 14.2. The molecule has 0 saturated heterocycles. The molecule has 19 heavy (non-hydrogen) atoms. The van der Waals surface area contributed by atoms with Crippen LogP contribution in [0, 0.1) is 0 Å². The van der Waals surface area contributed by atoms with E-state index < -0.39 is 0 Å². The van der Waals surface area contributed by atoms with Crippen LogP contribution < -0.4 is 10.9 Å². The lowest BCUT2D eigenvalue weighted by molar-refractivity contribution is 0.681. The maximum absolute atomic E-state index is 6.13. The van der Waals surface area contributed by atoms with Crippen LogP contribution in [-0.4, -0.2) is 6.54 Å². The summed E-state index contributed by atoms with van der Waals surface area (Å²) in [6.07, 6.45) is 1.06. The third-order valence-electron chi connectivity index (χ3n) is 3.37. The molecular formula is C15H16Cl2N2. The smallest absolute Gasteiger partial charge is 0.0526 e. The molecule has 0 amide bonds. The number of hydrogen-bond acceptors (Lipinski definition) is 2. The molecule has 0 fully saturated rings. The van der Waals surface area contributed by atoms with Gasteiger partial charge in [0, 0.05) is 17.5 Å². The fourth-order valence-corrected chi connectivity index (χ4v) is 2.68. The molecule has 100 valence electrons. The summed E-state index contributed by atoms with van der Waals surface area (Å²) in [4.78, 5) is 0. The summed E-state index contributed by atoms with van der Waals surface area (Å²) in [6, 6.07) is 16.6. The molecule has 1 aliphatic rings. The topological polar surface area (TPSA) is 24.1 Å². The Bertz CT molecular complexity index is 543. The second-order valence-corrected chi connectivity index (χ2v) is 4.97. The molecule has 2 aromatic rings. The van der Waals surface area contributed by atoms with Crippen LogP contribution in [-0.2, 0) is 0 Å². The minimum absolute atomic E-state index is 0. The Morgan fingerprint density at radius 1 is 1.05 bits per heavy atom. The van der Waals surface area contributed by atoms with Crippen molar-refractivity contribution in [3.8, 4) is 0 Å². The van der Waals surface area contributed by atoms with E-state index in [-0.39, 0.29) is 12.4 Å². The van der Waals surface area contributed by atoms with E-state index in [9.17, 15) is 0 Å². The van der Waals surface area contributed by atoms with Crippen LogP contribution in [0.15, 0.2) is 48.5 Å². The van der Waals surface area contributed by atoms with Crippen LogP contribution in [0.3, 0.4) is 0 Å². The van der Waals surface area contributed by atoms with E-state index >= 15 is 0 Å². The highest BCUT2D eigenvalue weighted by Crippen LogP contribution is 2.35. The summed E-state index contributed by atoms with van der Waals surface area (Å²) in [5.41, 5.74) is 10.2. The molecule has 1 unspecified atom stereocenters. The van der Waals surface area contributed by atoms with Crippen LogP contribution in [0.4, 0.5) is 5.69 Å². The van der Waals surface area contributed by atoms with E-state index in [1.165, 1.54) is 11.1 Å². The fraction of sp³-hybridized carbons (Fsp3) is 0.200. The summed E-state index contributed by atoms with van der Waals surface area (Å²) in [5.74, 6) is 0.391. The van der Waals surface area contributed by atoms with Crippen LogP contribution in [0.25, 0.3) is 0 Å². The Kier molecular flexibility index (Phi) is 4.70. The summed E-state index contributed by atoms with van der Waals surface area (Å²) < 4.78 is 0. The van der Waals surface area contributed by atoms with Crippen molar-refractivity contribution in [2.75, 3.05) is 12.0 Å². The van der Waals surface area contributed by atoms with E-state index in [4.69, 9.17) is 11.6 Å². The van der Waals surface area contributed by atoms with Crippen LogP contribution in [0.2, 0.25) is 5.02 Å². The van der Waals surface area contributed by atoms with Crippen LogP contribution in [0.1, 0.15) is 23.5 Å². The standard InChI is InChI=1S/C15H15ClN2.ClH/c16-12-6-7-15-14(10-12)13(8-9-17-18-15)11-4-2-1-3-5-11;/h1-7,10,13,17-18H,8-9H2;1H. The van der Waals surface area contributed by atoms with E-state index in [1.807, 2.05) is 12.1 Å². The number of fused-ring (bicyclic) bond motifs is 1. The average molecular weight is 295 g/mol. The highest BCUT2D eigenvalue weighted by atomic mass is 35.5. The van der Waals surface area contributed by atoms with Crippen molar-refractivity contribution in [3.05, 3.63) is 64.7 Å². The van der Waals surface area contributed by atoms with Gasteiger partial charge >= 0.3 is 0 Å². The fourth-order valence-electron chi connectivity index (χ4n) is 2.50. The van der Waals surface area contributed by atoms with Gasteiger partial charge in [0.25, 0.3) is 0 Å². The minimum atomic E-state index is 0. The first-order chi connectivity index (χ1) is 8.84. The number of rotatable bonds is 1.